The molecule has 0 spiro atoms. The second-order valence-corrected chi connectivity index (χ2v) is 9.66. The van der Waals surface area contributed by atoms with Crippen molar-refractivity contribution in [3.8, 4) is 11.5 Å². The van der Waals surface area contributed by atoms with Crippen LogP contribution in [0.15, 0.2) is 12.3 Å². The van der Waals surface area contributed by atoms with Crippen molar-refractivity contribution in [2.45, 2.75) is 50.1 Å². The van der Waals surface area contributed by atoms with Crippen LogP contribution in [0.2, 0.25) is 0 Å². The Morgan fingerprint density at radius 1 is 1.21 bits per heavy atom. The normalized spacial score (nSPS) is 19.2. The number of aromatic nitrogens is 5. The minimum Gasteiger partial charge on any atom is -0.428 e. The molecule has 2 aliphatic rings. The standard InChI is InChI=1S/C23H22F5N9O2/c1-21(19(31)39-15(30)9-3-4-9)12-14(29)34-17(35-16(12)36-20(21)38)13-10-6-8-37(2)18(10)33-11(32-13)5-7-22(24,25)23(26,27)28/h6,8-9,30-31H,3-5,7H2,1-2H3,(H3,29,34,35,36,38). The number of amides is 1. The Hall–Kier alpha value is -4.24. The zero-order valence-corrected chi connectivity index (χ0v) is 20.6. The fraction of sp³-hybridized carbons (Fsp3) is 0.435. The number of aryl methyl sites for hydroxylation is 2. The second-order valence-electron chi connectivity index (χ2n) is 9.66. The maximum atomic E-state index is 13.6. The zero-order valence-electron chi connectivity index (χ0n) is 20.6. The molecular weight excluding hydrogens is 529 g/mol. The number of carbonyl (C=O) groups is 1. The van der Waals surface area contributed by atoms with Crippen molar-refractivity contribution in [1.82, 2.24) is 24.5 Å². The van der Waals surface area contributed by atoms with Gasteiger partial charge >= 0.3 is 12.1 Å². The third-order valence-electron chi connectivity index (χ3n) is 6.80. The number of halogens is 5. The van der Waals surface area contributed by atoms with E-state index in [1.165, 1.54) is 11.5 Å². The van der Waals surface area contributed by atoms with Gasteiger partial charge in [0.05, 0.1) is 5.56 Å². The number of alkyl halides is 5. The first-order chi connectivity index (χ1) is 18.1. The van der Waals surface area contributed by atoms with Crippen LogP contribution in [0, 0.1) is 16.7 Å². The van der Waals surface area contributed by atoms with Crippen LogP contribution in [0.3, 0.4) is 0 Å². The highest BCUT2D eigenvalue weighted by Gasteiger charge is 2.57. The smallest absolute Gasteiger partial charge is 0.428 e. The molecule has 0 aromatic carbocycles. The molecule has 4 heterocycles. The van der Waals surface area contributed by atoms with Gasteiger partial charge in [-0.15, -0.1) is 0 Å². The largest absolute Gasteiger partial charge is 0.453 e. The van der Waals surface area contributed by atoms with Gasteiger partial charge in [-0.05, 0) is 25.8 Å². The summed E-state index contributed by atoms with van der Waals surface area (Å²) in [4.78, 5) is 29.9. The Kier molecular flexibility index (Phi) is 5.84. The van der Waals surface area contributed by atoms with Crippen molar-refractivity contribution < 1.29 is 31.5 Å². The van der Waals surface area contributed by atoms with Gasteiger partial charge in [0.15, 0.2) is 17.1 Å². The predicted molar refractivity (Wildman–Crippen MR) is 129 cm³/mol. The lowest BCUT2D eigenvalue weighted by atomic mass is 9.84. The van der Waals surface area contributed by atoms with Crippen molar-refractivity contribution in [3.05, 3.63) is 23.7 Å². The summed E-state index contributed by atoms with van der Waals surface area (Å²) in [7, 11) is 1.60. The number of carbonyl (C=O) groups excluding carboxylic acids is 1. The summed E-state index contributed by atoms with van der Waals surface area (Å²) in [6.45, 7) is 1.38. The number of nitrogens with two attached hydrogens (primary N) is 1. The molecule has 1 saturated carbocycles. The lowest BCUT2D eigenvalue weighted by Gasteiger charge is -2.23. The van der Waals surface area contributed by atoms with Crippen LogP contribution in [-0.2, 0) is 28.4 Å². The molecule has 1 fully saturated rings. The number of ether oxygens (including phenoxy) is 1. The van der Waals surface area contributed by atoms with Gasteiger partial charge in [-0.3, -0.25) is 15.6 Å². The van der Waals surface area contributed by atoms with Crippen LogP contribution < -0.4 is 11.1 Å². The van der Waals surface area contributed by atoms with E-state index in [2.05, 4.69) is 25.3 Å². The van der Waals surface area contributed by atoms with Crippen molar-refractivity contribution in [2.24, 2.45) is 13.0 Å². The zero-order chi connectivity index (χ0) is 28.5. The molecule has 0 saturated heterocycles. The first kappa shape index (κ1) is 26.4. The molecule has 1 atom stereocenters. The lowest BCUT2D eigenvalue weighted by Crippen LogP contribution is -2.42. The highest BCUT2D eigenvalue weighted by Crippen LogP contribution is 2.43. The number of nitrogen functional groups attached to an aromatic ring is 1. The third-order valence-corrected chi connectivity index (χ3v) is 6.80. The van der Waals surface area contributed by atoms with Crippen LogP contribution >= 0.6 is 0 Å². The Balaban J connectivity index is 1.54. The number of nitrogens with zero attached hydrogens (tertiary/aromatic N) is 5. The van der Waals surface area contributed by atoms with Crippen molar-refractivity contribution in [1.29, 1.82) is 10.8 Å². The minimum atomic E-state index is -5.72. The third kappa shape index (κ3) is 4.32. The van der Waals surface area contributed by atoms with E-state index in [4.69, 9.17) is 21.3 Å². The highest BCUT2D eigenvalue weighted by molar-refractivity contribution is 6.21. The molecule has 1 aliphatic heterocycles. The predicted octanol–water partition coefficient (Wildman–Crippen LogP) is 3.73. The quantitative estimate of drug-likeness (QED) is 0.206. The van der Waals surface area contributed by atoms with Gasteiger partial charge in [0.2, 0.25) is 11.8 Å². The Bertz CT molecular complexity index is 1550. The Morgan fingerprint density at radius 3 is 2.54 bits per heavy atom. The average molecular weight is 551 g/mol. The molecule has 5 rings (SSSR count). The van der Waals surface area contributed by atoms with Gasteiger partial charge in [0.25, 0.3) is 0 Å². The van der Waals surface area contributed by atoms with Gasteiger partial charge in [0, 0.05) is 37.4 Å². The van der Waals surface area contributed by atoms with Crippen molar-refractivity contribution >= 4 is 40.4 Å². The van der Waals surface area contributed by atoms with Gasteiger partial charge in [-0.1, -0.05) is 0 Å². The average Bonchev–Trinajstić information content (AvgIpc) is 3.59. The fourth-order valence-corrected chi connectivity index (χ4v) is 4.25. The van der Waals surface area contributed by atoms with Gasteiger partial charge in [-0.2, -0.15) is 22.0 Å². The van der Waals surface area contributed by atoms with Crippen molar-refractivity contribution in [2.75, 3.05) is 11.1 Å². The van der Waals surface area contributed by atoms with E-state index in [1.54, 1.807) is 19.3 Å². The topological polar surface area (TPSA) is 169 Å². The molecule has 3 aromatic rings. The summed E-state index contributed by atoms with van der Waals surface area (Å²) in [5.74, 6) is -7.10. The maximum Gasteiger partial charge on any atom is 0.453 e. The molecule has 16 heteroatoms. The van der Waals surface area contributed by atoms with Gasteiger partial charge < -0.3 is 20.4 Å². The second kappa shape index (κ2) is 8.64. The number of hydrogen-bond acceptors (Lipinski definition) is 9. The van der Waals surface area contributed by atoms with E-state index in [-0.39, 0.29) is 52.0 Å². The number of anilines is 2. The van der Waals surface area contributed by atoms with Crippen LogP contribution in [-0.4, -0.2) is 54.3 Å². The number of fused-ring (bicyclic) bond motifs is 2. The molecule has 1 aliphatic carbocycles. The van der Waals surface area contributed by atoms with E-state index in [9.17, 15) is 26.7 Å². The van der Waals surface area contributed by atoms with E-state index in [0.29, 0.717) is 5.39 Å². The summed E-state index contributed by atoms with van der Waals surface area (Å²) in [5, 5.41) is 19.2. The first-order valence-electron chi connectivity index (χ1n) is 11.7. The molecule has 1 unspecified atom stereocenters. The van der Waals surface area contributed by atoms with E-state index >= 15 is 0 Å². The number of rotatable bonds is 6. The van der Waals surface area contributed by atoms with Crippen molar-refractivity contribution in [3.63, 3.8) is 0 Å². The summed E-state index contributed by atoms with van der Waals surface area (Å²) >= 11 is 0. The van der Waals surface area contributed by atoms with Crippen LogP contribution in [0.5, 0.6) is 0 Å². The molecular formula is C23H22F5N9O2. The fourth-order valence-electron chi connectivity index (χ4n) is 4.25. The first-order valence-corrected chi connectivity index (χ1v) is 11.7. The van der Waals surface area contributed by atoms with Gasteiger partial charge in [-0.25, -0.2) is 19.9 Å². The Morgan fingerprint density at radius 2 is 1.90 bits per heavy atom. The molecule has 1 amide bonds. The summed E-state index contributed by atoms with van der Waals surface area (Å²) in [5.41, 5.74) is 4.77. The summed E-state index contributed by atoms with van der Waals surface area (Å²) in [6.07, 6.45) is -4.99. The SMILES string of the molecule is Cn1ccc2c(-c3nc(N)c4c(n3)NC(=O)C4(C)C(=N)OC(=N)C3CC3)nc(CCC(F)(F)C(F)(F)F)nc21. The molecule has 3 aromatic heterocycles. The minimum absolute atomic E-state index is 0.00474. The van der Waals surface area contributed by atoms with Crippen LogP contribution in [0.4, 0.5) is 33.6 Å². The highest BCUT2D eigenvalue weighted by atomic mass is 19.4. The summed E-state index contributed by atoms with van der Waals surface area (Å²) < 4.78 is 72.1. The molecule has 11 nitrogen and oxygen atoms in total. The number of nitrogens with one attached hydrogen (secondary N) is 3. The molecule has 206 valence electrons. The van der Waals surface area contributed by atoms with Crippen LogP contribution in [0.1, 0.15) is 37.6 Å². The van der Waals surface area contributed by atoms with E-state index < -0.39 is 42.2 Å². The van der Waals surface area contributed by atoms with Gasteiger partial charge in [0.1, 0.15) is 28.8 Å². The number of hydrogen-bond donors (Lipinski definition) is 4. The van der Waals surface area contributed by atoms with E-state index in [1.807, 2.05) is 0 Å². The molecule has 39 heavy (non-hydrogen) atoms. The molecule has 0 bridgehead atoms. The molecule has 0 radical (unpaired) electrons. The Labute approximate surface area is 217 Å². The maximum absolute atomic E-state index is 13.6. The lowest BCUT2D eigenvalue weighted by molar-refractivity contribution is -0.284. The monoisotopic (exact) mass is 551 g/mol. The van der Waals surface area contributed by atoms with E-state index in [0.717, 1.165) is 12.8 Å². The van der Waals surface area contributed by atoms with Crippen LogP contribution in [0.25, 0.3) is 22.6 Å². The summed E-state index contributed by atoms with van der Waals surface area (Å²) in [6, 6.07) is 1.58. The molecule has 5 N–H and O–H groups in total.